The maximum absolute atomic E-state index is 12.3. The summed E-state index contributed by atoms with van der Waals surface area (Å²) in [5, 5.41) is 0. The number of hydrogen-bond donors (Lipinski definition) is 1. The van der Waals surface area contributed by atoms with E-state index in [-0.39, 0.29) is 0 Å². The quantitative estimate of drug-likeness (QED) is 0.846. The summed E-state index contributed by atoms with van der Waals surface area (Å²) < 4.78 is 28.7. The molecule has 0 spiro atoms. The smallest absolute Gasteiger partial charge is 0.279 e. The van der Waals surface area contributed by atoms with Crippen molar-refractivity contribution in [3.8, 4) is 0 Å². The van der Waals surface area contributed by atoms with E-state index in [1.165, 1.54) is 9.87 Å². The van der Waals surface area contributed by atoms with Crippen LogP contribution in [0.15, 0.2) is 24.3 Å². The predicted molar refractivity (Wildman–Crippen MR) is 80.6 cm³/mol. The van der Waals surface area contributed by atoms with Gasteiger partial charge in [-0.15, -0.1) is 0 Å². The minimum Gasteiger partial charge on any atom is -0.305 e. The lowest BCUT2D eigenvalue weighted by atomic mass is 10.0. The van der Waals surface area contributed by atoms with E-state index in [0.29, 0.717) is 19.6 Å². The maximum atomic E-state index is 12.3. The monoisotopic (exact) mass is 297 g/mol. The fourth-order valence-electron chi connectivity index (χ4n) is 2.29. The predicted octanol–water partition coefficient (Wildman–Crippen LogP) is 0.831. The highest BCUT2D eigenvalue weighted by Gasteiger charge is 2.25. The second kappa shape index (κ2) is 6.67. The van der Waals surface area contributed by atoms with E-state index in [0.717, 1.165) is 25.1 Å². The summed E-state index contributed by atoms with van der Waals surface area (Å²) in [4.78, 5) is 2.08. The van der Waals surface area contributed by atoms with Gasteiger partial charge in [0.2, 0.25) is 0 Å². The molecule has 112 valence electrons. The van der Waals surface area contributed by atoms with E-state index in [4.69, 9.17) is 0 Å². The van der Waals surface area contributed by atoms with Crippen molar-refractivity contribution < 1.29 is 8.42 Å². The molecule has 0 aromatic heterocycles. The minimum absolute atomic E-state index is 0.449. The zero-order chi connectivity index (χ0) is 14.6. The average molecular weight is 297 g/mol. The highest BCUT2D eigenvalue weighted by Crippen LogP contribution is 2.20. The van der Waals surface area contributed by atoms with E-state index >= 15 is 0 Å². The molecular weight excluding hydrogens is 274 g/mol. The Kier molecular flexibility index (Phi) is 5.15. The first-order chi connectivity index (χ1) is 9.53. The Hall–Kier alpha value is -0.950. The van der Waals surface area contributed by atoms with Crippen molar-refractivity contribution in [1.29, 1.82) is 0 Å². The van der Waals surface area contributed by atoms with Crippen LogP contribution in [0.3, 0.4) is 0 Å². The Morgan fingerprint density at radius 1 is 1.30 bits per heavy atom. The van der Waals surface area contributed by atoms with E-state index < -0.39 is 10.2 Å². The van der Waals surface area contributed by atoms with Crippen molar-refractivity contribution in [1.82, 2.24) is 13.9 Å². The van der Waals surface area contributed by atoms with E-state index in [1.807, 2.05) is 25.2 Å². The molecule has 0 bridgehead atoms. The van der Waals surface area contributed by atoms with E-state index in [1.54, 1.807) is 0 Å². The van der Waals surface area contributed by atoms with Gasteiger partial charge in [-0.1, -0.05) is 31.2 Å². The average Bonchev–Trinajstić information content (AvgIpc) is 2.46. The molecule has 0 saturated carbocycles. The van der Waals surface area contributed by atoms with Gasteiger partial charge in [0.25, 0.3) is 10.2 Å². The van der Waals surface area contributed by atoms with Gasteiger partial charge < -0.3 is 4.90 Å². The lowest BCUT2D eigenvalue weighted by molar-refractivity contribution is 0.349. The summed E-state index contributed by atoms with van der Waals surface area (Å²) in [7, 11) is -1.40. The molecule has 0 atom stereocenters. The van der Waals surface area contributed by atoms with Crippen molar-refractivity contribution in [3.05, 3.63) is 35.4 Å². The Morgan fingerprint density at radius 2 is 2.00 bits per heavy atom. The van der Waals surface area contributed by atoms with Crippen LogP contribution in [0.1, 0.15) is 18.1 Å². The van der Waals surface area contributed by atoms with Gasteiger partial charge in [0.1, 0.15) is 0 Å². The molecule has 1 N–H and O–H groups in total. The second-order valence-corrected chi connectivity index (χ2v) is 6.90. The highest BCUT2D eigenvalue weighted by atomic mass is 32.2. The Labute approximate surface area is 121 Å². The molecule has 0 aliphatic carbocycles. The van der Waals surface area contributed by atoms with Crippen LogP contribution in [0.25, 0.3) is 0 Å². The third-order valence-corrected chi connectivity index (χ3v) is 5.31. The molecule has 1 aromatic carbocycles. The van der Waals surface area contributed by atoms with Gasteiger partial charge >= 0.3 is 0 Å². The maximum Gasteiger partial charge on any atom is 0.279 e. The Bertz CT molecular complexity index is 545. The van der Waals surface area contributed by atoms with Gasteiger partial charge in [0, 0.05) is 26.2 Å². The fraction of sp³-hybridized carbons (Fsp3) is 0.571. The summed E-state index contributed by atoms with van der Waals surface area (Å²) in [6.07, 6.45) is 0.784. The molecule has 0 radical (unpaired) electrons. The molecule has 0 amide bonds. The van der Waals surface area contributed by atoms with Crippen LogP contribution in [0.2, 0.25) is 0 Å². The van der Waals surface area contributed by atoms with Crippen LogP contribution in [0, 0.1) is 0 Å². The molecule has 1 aliphatic rings. The molecule has 0 saturated heterocycles. The zero-order valence-electron chi connectivity index (χ0n) is 12.2. The molecule has 20 heavy (non-hydrogen) atoms. The third-order valence-electron chi connectivity index (χ3n) is 3.75. The van der Waals surface area contributed by atoms with Crippen LogP contribution < -0.4 is 4.72 Å². The summed E-state index contributed by atoms with van der Waals surface area (Å²) in [5.74, 6) is 0. The standard InChI is InChI=1S/C14H23N3O2S/c1-3-16(2)11-9-15-20(18,19)17-10-8-13-6-4-5-7-14(13)12-17/h4-7,15H,3,8-12H2,1-2H3. The molecule has 5 nitrogen and oxygen atoms in total. The first-order valence-electron chi connectivity index (χ1n) is 7.03. The summed E-state index contributed by atoms with van der Waals surface area (Å²) >= 11 is 0. The van der Waals surface area contributed by atoms with Crippen LogP contribution in [-0.2, 0) is 23.2 Å². The Morgan fingerprint density at radius 3 is 2.70 bits per heavy atom. The molecule has 1 aromatic rings. The zero-order valence-corrected chi connectivity index (χ0v) is 13.0. The van der Waals surface area contributed by atoms with Crippen LogP contribution in [0.4, 0.5) is 0 Å². The van der Waals surface area contributed by atoms with Crippen molar-refractivity contribution in [2.24, 2.45) is 0 Å². The molecular formula is C14H23N3O2S. The van der Waals surface area contributed by atoms with Gasteiger partial charge in [-0.2, -0.15) is 12.7 Å². The fourth-order valence-corrected chi connectivity index (χ4v) is 3.46. The first-order valence-corrected chi connectivity index (χ1v) is 8.47. The highest BCUT2D eigenvalue weighted by molar-refractivity contribution is 7.87. The number of fused-ring (bicyclic) bond motifs is 1. The molecule has 1 heterocycles. The largest absolute Gasteiger partial charge is 0.305 e. The summed E-state index contributed by atoms with van der Waals surface area (Å²) in [5.41, 5.74) is 2.36. The number of hydrogen-bond acceptors (Lipinski definition) is 3. The molecule has 1 aliphatic heterocycles. The number of benzene rings is 1. The molecule has 0 fully saturated rings. The SMILES string of the molecule is CCN(C)CCNS(=O)(=O)N1CCc2ccccc2C1. The summed E-state index contributed by atoms with van der Waals surface area (Å²) in [6.45, 7) is 5.16. The topological polar surface area (TPSA) is 52.7 Å². The van der Waals surface area contributed by atoms with Crippen molar-refractivity contribution in [3.63, 3.8) is 0 Å². The third kappa shape index (κ3) is 3.79. The van der Waals surface area contributed by atoms with Crippen LogP contribution in [0.5, 0.6) is 0 Å². The van der Waals surface area contributed by atoms with Gasteiger partial charge in [-0.25, -0.2) is 4.72 Å². The number of nitrogens with zero attached hydrogens (tertiary/aromatic N) is 2. The van der Waals surface area contributed by atoms with Gasteiger partial charge in [0.05, 0.1) is 0 Å². The van der Waals surface area contributed by atoms with Crippen LogP contribution in [-0.4, -0.2) is 50.8 Å². The van der Waals surface area contributed by atoms with Crippen molar-refractivity contribution >= 4 is 10.2 Å². The van der Waals surface area contributed by atoms with Crippen molar-refractivity contribution in [2.45, 2.75) is 19.9 Å². The molecule has 0 unspecified atom stereocenters. The minimum atomic E-state index is -3.37. The first kappa shape index (κ1) is 15.4. The number of nitrogens with one attached hydrogen (secondary N) is 1. The van der Waals surface area contributed by atoms with Gasteiger partial charge in [0.15, 0.2) is 0 Å². The normalized spacial score (nSPS) is 16.4. The lowest BCUT2D eigenvalue weighted by Gasteiger charge is -2.28. The number of likely N-dealkylation sites (N-methyl/N-ethyl adjacent to an activating group) is 1. The number of rotatable bonds is 6. The molecule has 2 rings (SSSR count). The molecule has 6 heteroatoms. The van der Waals surface area contributed by atoms with Gasteiger partial charge in [-0.3, -0.25) is 0 Å². The summed E-state index contributed by atoms with van der Waals surface area (Å²) in [6, 6.07) is 8.03. The van der Waals surface area contributed by atoms with E-state index in [9.17, 15) is 8.42 Å². The Balaban J connectivity index is 1.94. The van der Waals surface area contributed by atoms with Crippen molar-refractivity contribution in [2.75, 3.05) is 33.2 Å². The van der Waals surface area contributed by atoms with Crippen LogP contribution >= 0.6 is 0 Å². The lowest BCUT2D eigenvalue weighted by Crippen LogP contribution is -2.45. The van der Waals surface area contributed by atoms with Gasteiger partial charge in [-0.05, 0) is 31.1 Å². The van der Waals surface area contributed by atoms with E-state index in [2.05, 4.69) is 22.6 Å². The second-order valence-electron chi connectivity index (χ2n) is 5.15.